The Hall–Kier alpha value is -0.830. The lowest BCUT2D eigenvalue weighted by molar-refractivity contribution is 0.391. The van der Waals surface area contributed by atoms with E-state index >= 15 is 0 Å². The molecule has 0 aliphatic heterocycles. The van der Waals surface area contributed by atoms with Crippen LogP contribution < -0.4 is 5.32 Å². The quantitative estimate of drug-likeness (QED) is 0.786. The lowest BCUT2D eigenvalue weighted by Crippen LogP contribution is -2.20. The highest BCUT2D eigenvalue weighted by Crippen LogP contribution is 2.11. The van der Waals surface area contributed by atoms with Crippen molar-refractivity contribution < 1.29 is 4.52 Å². The summed E-state index contributed by atoms with van der Waals surface area (Å²) in [5.74, 6) is 1.66. The van der Waals surface area contributed by atoms with Gasteiger partial charge in [-0.1, -0.05) is 25.4 Å². The first-order chi connectivity index (χ1) is 6.65. The zero-order valence-electron chi connectivity index (χ0n) is 9.55. The standard InChI is InChI=1S/C11H20N2O/c1-5-8(2)6-12-7-11-9(3)13-14-10(11)4/h8,12H,5-7H2,1-4H3/t8-/m0/s1. The van der Waals surface area contributed by atoms with Crippen molar-refractivity contribution in [2.24, 2.45) is 5.92 Å². The molecular formula is C11H20N2O. The van der Waals surface area contributed by atoms with Gasteiger partial charge >= 0.3 is 0 Å². The predicted octanol–water partition coefficient (Wildman–Crippen LogP) is 2.43. The number of aromatic nitrogens is 1. The number of rotatable bonds is 5. The fraction of sp³-hybridized carbons (Fsp3) is 0.727. The summed E-state index contributed by atoms with van der Waals surface area (Å²) in [4.78, 5) is 0. The normalized spacial score (nSPS) is 13.1. The molecule has 3 nitrogen and oxygen atoms in total. The van der Waals surface area contributed by atoms with Gasteiger partial charge in [0, 0.05) is 12.1 Å². The van der Waals surface area contributed by atoms with Crippen molar-refractivity contribution in [3.63, 3.8) is 0 Å². The van der Waals surface area contributed by atoms with Crippen LogP contribution in [0.25, 0.3) is 0 Å². The van der Waals surface area contributed by atoms with Gasteiger partial charge in [-0.3, -0.25) is 0 Å². The number of hydrogen-bond donors (Lipinski definition) is 1. The van der Waals surface area contributed by atoms with Crippen LogP contribution in [-0.4, -0.2) is 11.7 Å². The van der Waals surface area contributed by atoms with Gasteiger partial charge in [-0.25, -0.2) is 0 Å². The first-order valence-corrected chi connectivity index (χ1v) is 5.27. The molecule has 0 saturated carbocycles. The highest BCUT2D eigenvalue weighted by atomic mass is 16.5. The second kappa shape index (κ2) is 5.15. The van der Waals surface area contributed by atoms with E-state index in [1.807, 2.05) is 13.8 Å². The van der Waals surface area contributed by atoms with Crippen LogP contribution in [0.5, 0.6) is 0 Å². The highest BCUT2D eigenvalue weighted by Gasteiger charge is 2.08. The average molecular weight is 196 g/mol. The van der Waals surface area contributed by atoms with Gasteiger partial charge in [0.1, 0.15) is 5.76 Å². The third-order valence-electron chi connectivity index (χ3n) is 2.67. The summed E-state index contributed by atoms with van der Waals surface area (Å²) < 4.78 is 5.09. The second-order valence-electron chi connectivity index (χ2n) is 3.95. The predicted molar refractivity (Wildman–Crippen MR) is 57.1 cm³/mol. The highest BCUT2D eigenvalue weighted by molar-refractivity contribution is 5.20. The van der Waals surface area contributed by atoms with Crippen LogP contribution in [0.4, 0.5) is 0 Å². The van der Waals surface area contributed by atoms with Gasteiger partial charge in [0.05, 0.1) is 5.69 Å². The molecule has 0 bridgehead atoms. The van der Waals surface area contributed by atoms with Crippen molar-refractivity contribution in [2.45, 2.75) is 40.7 Å². The molecule has 1 aromatic rings. The van der Waals surface area contributed by atoms with Crippen LogP contribution >= 0.6 is 0 Å². The Kier molecular flexibility index (Phi) is 4.14. The maximum atomic E-state index is 5.09. The molecule has 0 aromatic carbocycles. The molecule has 1 atom stereocenters. The summed E-state index contributed by atoms with van der Waals surface area (Å²) in [5, 5.41) is 7.34. The van der Waals surface area contributed by atoms with E-state index in [0.29, 0.717) is 0 Å². The molecule has 1 heterocycles. The SMILES string of the molecule is CC[C@H](C)CNCc1c(C)noc1C. The van der Waals surface area contributed by atoms with E-state index in [9.17, 15) is 0 Å². The summed E-state index contributed by atoms with van der Waals surface area (Å²) in [6.45, 7) is 10.3. The van der Waals surface area contributed by atoms with Crippen LogP contribution in [0.2, 0.25) is 0 Å². The molecule has 1 aromatic heterocycles. The number of hydrogen-bond acceptors (Lipinski definition) is 3. The molecule has 0 aliphatic rings. The smallest absolute Gasteiger partial charge is 0.138 e. The van der Waals surface area contributed by atoms with Gasteiger partial charge in [-0.15, -0.1) is 0 Å². The molecular weight excluding hydrogens is 176 g/mol. The molecule has 1 N–H and O–H groups in total. The van der Waals surface area contributed by atoms with Crippen molar-refractivity contribution in [3.05, 3.63) is 17.0 Å². The summed E-state index contributed by atoms with van der Waals surface area (Å²) >= 11 is 0. The summed E-state index contributed by atoms with van der Waals surface area (Å²) in [6, 6.07) is 0. The van der Waals surface area contributed by atoms with Gasteiger partial charge in [0.25, 0.3) is 0 Å². The molecule has 80 valence electrons. The topological polar surface area (TPSA) is 38.1 Å². The van der Waals surface area contributed by atoms with E-state index in [1.54, 1.807) is 0 Å². The Morgan fingerprint density at radius 2 is 2.14 bits per heavy atom. The van der Waals surface area contributed by atoms with Gasteiger partial charge in [0.2, 0.25) is 0 Å². The maximum absolute atomic E-state index is 5.09. The zero-order valence-corrected chi connectivity index (χ0v) is 9.55. The molecule has 0 saturated heterocycles. The van der Waals surface area contributed by atoms with E-state index in [-0.39, 0.29) is 0 Å². The van der Waals surface area contributed by atoms with E-state index in [0.717, 1.165) is 30.5 Å². The van der Waals surface area contributed by atoms with Crippen LogP contribution in [-0.2, 0) is 6.54 Å². The maximum Gasteiger partial charge on any atom is 0.138 e. The largest absolute Gasteiger partial charge is 0.361 e. The first-order valence-electron chi connectivity index (χ1n) is 5.27. The summed E-state index contributed by atoms with van der Waals surface area (Å²) in [7, 11) is 0. The van der Waals surface area contributed by atoms with Crippen LogP contribution in [0, 0.1) is 19.8 Å². The van der Waals surface area contributed by atoms with E-state index in [1.165, 1.54) is 12.0 Å². The molecule has 0 aliphatic carbocycles. The summed E-state index contributed by atoms with van der Waals surface area (Å²) in [6.07, 6.45) is 1.22. The van der Waals surface area contributed by atoms with Crippen LogP contribution in [0.1, 0.15) is 37.3 Å². The Labute approximate surface area is 85.9 Å². The molecule has 0 radical (unpaired) electrons. The third-order valence-corrected chi connectivity index (χ3v) is 2.67. The molecule has 1 rings (SSSR count). The second-order valence-corrected chi connectivity index (χ2v) is 3.95. The minimum atomic E-state index is 0.732. The lowest BCUT2D eigenvalue weighted by atomic mass is 10.1. The minimum absolute atomic E-state index is 0.732. The van der Waals surface area contributed by atoms with Crippen LogP contribution in [0.3, 0.4) is 0 Å². The van der Waals surface area contributed by atoms with Crippen molar-refractivity contribution >= 4 is 0 Å². The molecule has 0 fully saturated rings. The fourth-order valence-corrected chi connectivity index (χ4v) is 1.34. The van der Waals surface area contributed by atoms with Gasteiger partial charge < -0.3 is 9.84 Å². The minimum Gasteiger partial charge on any atom is -0.361 e. The van der Waals surface area contributed by atoms with Crippen molar-refractivity contribution in [2.75, 3.05) is 6.54 Å². The monoisotopic (exact) mass is 196 g/mol. The van der Waals surface area contributed by atoms with E-state index < -0.39 is 0 Å². The zero-order chi connectivity index (χ0) is 10.6. The molecule has 14 heavy (non-hydrogen) atoms. The average Bonchev–Trinajstić information content (AvgIpc) is 2.48. The lowest BCUT2D eigenvalue weighted by Gasteiger charge is -2.09. The Bertz CT molecular complexity index is 261. The number of nitrogens with zero attached hydrogens (tertiary/aromatic N) is 1. The Morgan fingerprint density at radius 1 is 1.43 bits per heavy atom. The summed E-state index contributed by atoms with van der Waals surface area (Å²) in [5.41, 5.74) is 2.20. The van der Waals surface area contributed by atoms with E-state index in [4.69, 9.17) is 4.52 Å². The molecule has 0 amide bonds. The molecule has 0 spiro atoms. The number of nitrogens with one attached hydrogen (secondary N) is 1. The van der Waals surface area contributed by atoms with Gasteiger partial charge in [-0.05, 0) is 26.3 Å². The Balaban J connectivity index is 2.38. The number of aryl methyl sites for hydroxylation is 2. The van der Waals surface area contributed by atoms with E-state index in [2.05, 4.69) is 24.3 Å². The molecule has 0 unspecified atom stereocenters. The van der Waals surface area contributed by atoms with Crippen molar-refractivity contribution in [3.8, 4) is 0 Å². The van der Waals surface area contributed by atoms with Gasteiger partial charge in [0.15, 0.2) is 0 Å². The van der Waals surface area contributed by atoms with Crippen molar-refractivity contribution in [1.82, 2.24) is 10.5 Å². The first kappa shape index (κ1) is 11.2. The van der Waals surface area contributed by atoms with Gasteiger partial charge in [-0.2, -0.15) is 0 Å². The fourth-order valence-electron chi connectivity index (χ4n) is 1.34. The third kappa shape index (κ3) is 2.84. The van der Waals surface area contributed by atoms with Crippen LogP contribution in [0.15, 0.2) is 4.52 Å². The molecule has 3 heteroatoms. The van der Waals surface area contributed by atoms with Crippen molar-refractivity contribution in [1.29, 1.82) is 0 Å². The Morgan fingerprint density at radius 3 is 2.64 bits per heavy atom.